The first-order valence-electron chi connectivity index (χ1n) is 25.9. The SMILES string of the molecule is Cc1cc(C)c(-c2ccc3c(c2)oc2c(-c4nc5ccccc5n4-c4c(C(C)C)cc(-c5oc6ccccc6c5C)cc4C(C)C)[c-]ccc23)c(C)c1.[2H]C([2H])([2H])c1c[c-]c(-c2ccc(C([2H])([2H])[2H])cn2)cc1.[Ir]. The van der Waals surface area contributed by atoms with Crippen LogP contribution in [-0.2, 0) is 20.1 Å². The van der Waals surface area contributed by atoms with Gasteiger partial charge in [-0.1, -0.05) is 118 Å². The number of hydrogen-bond donors (Lipinski definition) is 0. The van der Waals surface area contributed by atoms with E-state index in [9.17, 15) is 0 Å². The van der Waals surface area contributed by atoms with E-state index < -0.39 is 13.7 Å². The van der Waals surface area contributed by atoms with Crippen molar-refractivity contribution < 1.29 is 37.2 Å². The first-order valence-corrected chi connectivity index (χ1v) is 22.9. The normalized spacial score (nSPS) is 13.2. The van der Waals surface area contributed by atoms with E-state index in [1.54, 1.807) is 12.1 Å². The van der Waals surface area contributed by atoms with Crippen LogP contribution in [0.1, 0.15) is 92.3 Å². The summed E-state index contributed by atoms with van der Waals surface area (Å²) in [7, 11) is 0. The van der Waals surface area contributed by atoms with Crippen molar-refractivity contribution in [3.8, 4) is 50.8 Å². The molecule has 11 rings (SSSR count). The fourth-order valence-corrected chi connectivity index (χ4v) is 9.66. The van der Waals surface area contributed by atoms with Gasteiger partial charge in [0.2, 0.25) is 0 Å². The van der Waals surface area contributed by atoms with Gasteiger partial charge in [0, 0.05) is 62.1 Å². The molecule has 0 atom stereocenters. The van der Waals surface area contributed by atoms with E-state index >= 15 is 0 Å². The molecular formula is C62H55IrN3O2-2. The Bertz CT molecular complexity index is 3770. The van der Waals surface area contributed by atoms with Crippen LogP contribution >= 0.6 is 0 Å². The molecule has 4 aromatic heterocycles. The molecule has 0 aliphatic heterocycles. The monoisotopic (exact) mass is 1070 g/mol. The van der Waals surface area contributed by atoms with Crippen LogP contribution in [0.25, 0.3) is 94.7 Å². The van der Waals surface area contributed by atoms with Gasteiger partial charge in [-0.25, -0.2) is 0 Å². The smallest absolute Gasteiger partial charge is 0.138 e. The maximum atomic E-state index is 7.28. The van der Waals surface area contributed by atoms with Crippen molar-refractivity contribution in [1.82, 2.24) is 14.5 Å². The van der Waals surface area contributed by atoms with E-state index in [1.165, 1.54) is 57.8 Å². The molecule has 6 heteroatoms. The van der Waals surface area contributed by atoms with Crippen LogP contribution in [0, 0.1) is 53.5 Å². The second-order valence-electron chi connectivity index (χ2n) is 18.2. The van der Waals surface area contributed by atoms with Gasteiger partial charge < -0.3 is 18.4 Å². The van der Waals surface area contributed by atoms with Gasteiger partial charge in [0.05, 0.1) is 22.4 Å². The van der Waals surface area contributed by atoms with Gasteiger partial charge in [-0.2, -0.15) is 0 Å². The van der Waals surface area contributed by atoms with Crippen molar-refractivity contribution in [3.63, 3.8) is 0 Å². The zero-order valence-corrected chi connectivity index (χ0v) is 41.8. The summed E-state index contributed by atoms with van der Waals surface area (Å²) in [6.07, 6.45) is 1.30. The van der Waals surface area contributed by atoms with Crippen molar-refractivity contribution in [1.29, 1.82) is 0 Å². The number of aryl methyl sites for hydroxylation is 6. The average molecular weight is 1070 g/mol. The first-order chi connectivity index (χ1) is 34.8. The van der Waals surface area contributed by atoms with Crippen LogP contribution in [0.2, 0.25) is 0 Å². The number of fused-ring (bicyclic) bond motifs is 5. The molecule has 0 aliphatic rings. The van der Waals surface area contributed by atoms with Gasteiger partial charge in [0.15, 0.2) is 0 Å². The molecule has 0 amide bonds. The van der Waals surface area contributed by atoms with Gasteiger partial charge in [0.1, 0.15) is 16.9 Å². The van der Waals surface area contributed by atoms with E-state index in [-0.39, 0.29) is 43.1 Å². The molecule has 0 spiro atoms. The molecule has 0 fully saturated rings. The van der Waals surface area contributed by atoms with Crippen LogP contribution in [0.5, 0.6) is 0 Å². The summed E-state index contributed by atoms with van der Waals surface area (Å²) in [6.45, 7) is 13.5. The Kier molecular flexibility index (Phi) is 10.8. The zero-order valence-electron chi connectivity index (χ0n) is 45.4. The number of benzene rings is 7. The Hall–Kier alpha value is -6.85. The van der Waals surface area contributed by atoms with E-state index in [2.05, 4.69) is 168 Å². The molecule has 1 radical (unpaired) electrons. The largest absolute Gasteiger partial charge is 0.501 e. The average Bonchev–Trinajstić information content (AvgIpc) is 4.04. The predicted molar refractivity (Wildman–Crippen MR) is 278 cm³/mol. The van der Waals surface area contributed by atoms with Gasteiger partial charge >= 0.3 is 0 Å². The summed E-state index contributed by atoms with van der Waals surface area (Å²) in [5.41, 5.74) is 19.1. The van der Waals surface area contributed by atoms with Gasteiger partial charge in [-0.15, -0.1) is 53.6 Å². The number of hydrogen-bond acceptors (Lipinski definition) is 4. The van der Waals surface area contributed by atoms with Crippen molar-refractivity contribution in [2.75, 3.05) is 0 Å². The van der Waals surface area contributed by atoms with Crippen molar-refractivity contribution in [2.24, 2.45) is 0 Å². The minimum absolute atomic E-state index is 0. The molecule has 0 N–H and O–H groups in total. The molecule has 4 heterocycles. The number of nitrogens with zero attached hydrogens (tertiary/aromatic N) is 3. The second-order valence-corrected chi connectivity index (χ2v) is 18.2. The summed E-state index contributed by atoms with van der Waals surface area (Å²) >= 11 is 0. The molecule has 0 unspecified atom stereocenters. The Morgan fingerprint density at radius 1 is 0.632 bits per heavy atom. The van der Waals surface area contributed by atoms with Gasteiger partial charge in [0.25, 0.3) is 0 Å². The molecule has 0 bridgehead atoms. The van der Waals surface area contributed by atoms with Crippen molar-refractivity contribution in [2.45, 2.75) is 80.9 Å². The van der Waals surface area contributed by atoms with E-state index in [4.69, 9.17) is 22.0 Å². The summed E-state index contributed by atoms with van der Waals surface area (Å²) < 4.78 is 59.4. The predicted octanol–water partition coefficient (Wildman–Crippen LogP) is 17.1. The molecule has 0 saturated carbocycles. The molecule has 7 aromatic carbocycles. The Balaban J connectivity index is 0.000000270. The number of rotatable bonds is 7. The number of furan rings is 2. The minimum Gasteiger partial charge on any atom is -0.501 e. The Labute approximate surface area is 421 Å². The van der Waals surface area contributed by atoms with Crippen molar-refractivity contribution in [3.05, 3.63) is 196 Å². The van der Waals surface area contributed by atoms with E-state index in [1.807, 2.05) is 12.1 Å². The van der Waals surface area contributed by atoms with Crippen LogP contribution in [-0.4, -0.2) is 14.5 Å². The summed E-state index contributed by atoms with van der Waals surface area (Å²) in [5.74, 6) is 2.18. The molecule has 68 heavy (non-hydrogen) atoms. The molecule has 11 aromatic rings. The second kappa shape index (κ2) is 18.7. The van der Waals surface area contributed by atoms with Crippen LogP contribution in [0.3, 0.4) is 0 Å². The zero-order chi connectivity index (χ0) is 51.7. The fraction of sp³-hybridized carbons (Fsp3) is 0.194. The summed E-state index contributed by atoms with van der Waals surface area (Å²) in [6, 6.07) is 50.7. The van der Waals surface area contributed by atoms with Gasteiger partial charge in [-0.05, 0) is 127 Å². The number of para-hydroxylation sites is 3. The van der Waals surface area contributed by atoms with Crippen LogP contribution in [0.15, 0.2) is 148 Å². The molecular weight excluding hydrogens is 1010 g/mol. The number of imidazole rings is 1. The molecule has 0 saturated heterocycles. The summed E-state index contributed by atoms with van der Waals surface area (Å²) in [4.78, 5) is 9.43. The number of pyridine rings is 1. The molecule has 0 aliphatic carbocycles. The molecule has 341 valence electrons. The van der Waals surface area contributed by atoms with Crippen molar-refractivity contribution >= 4 is 43.9 Å². The minimum atomic E-state index is -2.18. The maximum Gasteiger partial charge on any atom is 0.138 e. The van der Waals surface area contributed by atoms with E-state index in [0.29, 0.717) is 11.3 Å². The third kappa shape index (κ3) is 8.42. The Morgan fingerprint density at radius 3 is 2.03 bits per heavy atom. The van der Waals surface area contributed by atoms with Crippen LogP contribution in [0.4, 0.5) is 0 Å². The fourth-order valence-electron chi connectivity index (χ4n) is 9.66. The maximum absolute atomic E-state index is 7.28. The Morgan fingerprint density at radius 2 is 1.35 bits per heavy atom. The van der Waals surface area contributed by atoms with E-state index in [0.717, 1.165) is 83.5 Å². The third-order valence-electron chi connectivity index (χ3n) is 12.8. The quantitative estimate of drug-likeness (QED) is 0.149. The number of aromatic nitrogens is 3. The third-order valence-corrected chi connectivity index (χ3v) is 12.8. The summed E-state index contributed by atoms with van der Waals surface area (Å²) in [5, 5.41) is 3.29. The van der Waals surface area contributed by atoms with Gasteiger partial charge in [-0.3, -0.25) is 4.98 Å². The molecule has 5 nitrogen and oxygen atoms in total. The topological polar surface area (TPSA) is 57.0 Å². The van der Waals surface area contributed by atoms with Crippen LogP contribution < -0.4 is 0 Å². The first kappa shape index (κ1) is 39.2. The standard InChI is InChI=1S/C49H43N2O2.C13H12N.Ir/c1-27(2)39-24-34(47-32(8)35-14-9-12-19-43(35)52-47)25-40(28(3)4)46(39)51-42-18-11-10-17-41(42)50-49(51)38-16-13-15-37-36-21-20-33(26-44(36)53-48(37)38)45-30(6)22-29(5)23-31(45)7;1-10-3-6-12(7-4-10)13-8-5-11(2)9-14-13;/h9-15,17-28H,1-8H3;3-6,8-9H,1-2H3;/q2*-1;/i;1D3,2D3;.